The summed E-state index contributed by atoms with van der Waals surface area (Å²) < 4.78 is 40.0. The highest BCUT2D eigenvalue weighted by atomic mass is 32.2. The van der Waals surface area contributed by atoms with Crippen molar-refractivity contribution in [3.05, 3.63) is 11.6 Å². The largest absolute Gasteiger partial charge is 0.368 e. The standard InChI is InChI=1S/C11H18N4O3S3/c1-3-12-9-10(15-6-7-19-11(15)14-9)21(17,18)13-5-4-8-20(2)16/h6-7,12-13H,3-5,8H2,1-2H3. The predicted molar refractivity (Wildman–Crippen MR) is 86.0 cm³/mol. The summed E-state index contributed by atoms with van der Waals surface area (Å²) >= 11 is 1.38. The molecule has 0 saturated heterocycles. The number of aromatic nitrogens is 2. The van der Waals surface area contributed by atoms with Gasteiger partial charge in [0.05, 0.1) is 0 Å². The quantitative estimate of drug-likeness (QED) is 0.689. The lowest BCUT2D eigenvalue weighted by atomic mass is 10.5. The van der Waals surface area contributed by atoms with Gasteiger partial charge in [-0.05, 0) is 13.3 Å². The molecule has 0 amide bonds. The first-order valence-corrected chi connectivity index (χ1v) is 10.5. The zero-order valence-electron chi connectivity index (χ0n) is 11.8. The molecule has 21 heavy (non-hydrogen) atoms. The van der Waals surface area contributed by atoms with E-state index in [1.165, 1.54) is 11.3 Å². The summed E-state index contributed by atoms with van der Waals surface area (Å²) in [4.78, 5) is 4.91. The van der Waals surface area contributed by atoms with Crippen LogP contribution in [0.15, 0.2) is 16.6 Å². The minimum absolute atomic E-state index is 0.123. The van der Waals surface area contributed by atoms with Crippen molar-refractivity contribution in [3.63, 3.8) is 0 Å². The van der Waals surface area contributed by atoms with Crippen LogP contribution in [0.4, 0.5) is 5.82 Å². The molecule has 2 rings (SSSR count). The fourth-order valence-electron chi connectivity index (χ4n) is 1.85. The van der Waals surface area contributed by atoms with Gasteiger partial charge >= 0.3 is 0 Å². The third-order valence-corrected chi connectivity index (χ3v) is 5.82. The second-order valence-corrected chi connectivity index (χ2v) is 8.49. The number of sulfonamides is 1. The topological polar surface area (TPSA) is 92.6 Å². The van der Waals surface area contributed by atoms with Crippen molar-refractivity contribution >= 4 is 42.9 Å². The summed E-state index contributed by atoms with van der Waals surface area (Å²) in [6, 6.07) is 0. The van der Waals surface area contributed by atoms with E-state index >= 15 is 0 Å². The van der Waals surface area contributed by atoms with Crippen LogP contribution < -0.4 is 10.0 Å². The summed E-state index contributed by atoms with van der Waals surface area (Å²) in [7, 11) is -4.59. The molecule has 0 aliphatic rings. The first kappa shape index (κ1) is 16.4. The SMILES string of the molecule is CCNc1nc2sccn2c1S(=O)(=O)NCCCS(C)=O. The van der Waals surface area contributed by atoms with Crippen LogP contribution >= 0.6 is 11.3 Å². The predicted octanol–water partition coefficient (Wildman–Crippen LogP) is 0.874. The van der Waals surface area contributed by atoms with Gasteiger partial charge in [0.15, 0.2) is 15.8 Å². The lowest BCUT2D eigenvalue weighted by molar-refractivity contribution is 0.576. The molecular formula is C11H18N4O3S3. The number of nitrogens with one attached hydrogen (secondary N) is 2. The molecule has 118 valence electrons. The molecule has 0 aromatic carbocycles. The Morgan fingerprint density at radius 3 is 2.90 bits per heavy atom. The van der Waals surface area contributed by atoms with E-state index in [1.54, 1.807) is 22.2 Å². The molecule has 0 saturated carbocycles. The Morgan fingerprint density at radius 1 is 1.48 bits per heavy atom. The van der Waals surface area contributed by atoms with Gasteiger partial charge in [-0.1, -0.05) is 0 Å². The highest BCUT2D eigenvalue weighted by Gasteiger charge is 2.25. The van der Waals surface area contributed by atoms with E-state index in [4.69, 9.17) is 0 Å². The van der Waals surface area contributed by atoms with E-state index in [0.29, 0.717) is 29.5 Å². The number of hydrogen-bond acceptors (Lipinski definition) is 6. The Kier molecular flexibility index (Phi) is 5.36. The normalized spacial score (nSPS) is 13.6. The van der Waals surface area contributed by atoms with Crippen LogP contribution in [0.1, 0.15) is 13.3 Å². The van der Waals surface area contributed by atoms with Crippen LogP contribution in [0.25, 0.3) is 4.96 Å². The van der Waals surface area contributed by atoms with E-state index in [9.17, 15) is 12.6 Å². The number of nitrogens with zero attached hydrogens (tertiary/aromatic N) is 2. The average molecular weight is 350 g/mol. The van der Waals surface area contributed by atoms with Crippen molar-refractivity contribution in [1.82, 2.24) is 14.1 Å². The Balaban J connectivity index is 2.23. The summed E-state index contributed by atoms with van der Waals surface area (Å²) in [6.45, 7) is 2.72. The van der Waals surface area contributed by atoms with Crippen molar-refractivity contribution in [3.8, 4) is 0 Å². The molecule has 0 aliphatic heterocycles. The number of rotatable bonds is 8. The maximum absolute atomic E-state index is 12.5. The van der Waals surface area contributed by atoms with Gasteiger partial charge in [-0.15, -0.1) is 11.3 Å². The van der Waals surface area contributed by atoms with Gasteiger partial charge < -0.3 is 5.32 Å². The zero-order valence-corrected chi connectivity index (χ0v) is 14.3. The first-order valence-electron chi connectivity index (χ1n) is 6.45. The Hall–Kier alpha value is -0.970. The fourth-order valence-corrected chi connectivity index (χ4v) is 4.51. The van der Waals surface area contributed by atoms with Gasteiger partial charge in [0.25, 0.3) is 10.0 Å². The summed E-state index contributed by atoms with van der Waals surface area (Å²) in [5.41, 5.74) is 0. The van der Waals surface area contributed by atoms with Gasteiger partial charge in [0, 0.05) is 47.5 Å². The average Bonchev–Trinajstić information content (AvgIpc) is 2.94. The highest BCUT2D eigenvalue weighted by molar-refractivity contribution is 7.89. The number of fused-ring (bicyclic) bond motifs is 1. The molecule has 1 unspecified atom stereocenters. The number of thiazole rings is 1. The Bertz CT molecular complexity index is 735. The van der Waals surface area contributed by atoms with E-state index in [2.05, 4.69) is 15.0 Å². The smallest absolute Gasteiger partial charge is 0.260 e. The van der Waals surface area contributed by atoms with Gasteiger partial charge in [0.2, 0.25) is 0 Å². The highest BCUT2D eigenvalue weighted by Crippen LogP contribution is 2.25. The molecule has 2 aromatic rings. The number of hydrogen-bond donors (Lipinski definition) is 2. The molecule has 1 atom stereocenters. The monoisotopic (exact) mass is 350 g/mol. The third kappa shape index (κ3) is 3.82. The second kappa shape index (κ2) is 6.86. The Morgan fingerprint density at radius 2 is 2.24 bits per heavy atom. The minimum atomic E-state index is -3.67. The van der Waals surface area contributed by atoms with Crippen LogP contribution in [0.3, 0.4) is 0 Å². The molecule has 2 N–H and O–H groups in total. The van der Waals surface area contributed by atoms with Crippen molar-refractivity contribution < 1.29 is 12.6 Å². The summed E-state index contributed by atoms with van der Waals surface area (Å²) in [5.74, 6) is 0.832. The van der Waals surface area contributed by atoms with E-state index in [-0.39, 0.29) is 11.6 Å². The molecule has 0 fully saturated rings. The van der Waals surface area contributed by atoms with Crippen LogP contribution in [0, 0.1) is 0 Å². The first-order chi connectivity index (χ1) is 9.95. The van der Waals surface area contributed by atoms with Crippen molar-refractivity contribution in [2.45, 2.75) is 18.4 Å². The third-order valence-electron chi connectivity index (χ3n) is 2.72. The lowest BCUT2D eigenvalue weighted by Gasteiger charge is -2.08. The van der Waals surface area contributed by atoms with E-state index in [0.717, 1.165) is 0 Å². The molecule has 0 bridgehead atoms. The molecule has 2 heterocycles. The summed E-state index contributed by atoms with van der Waals surface area (Å²) in [6.07, 6.45) is 3.82. The fraction of sp³-hybridized carbons (Fsp3) is 0.545. The molecular weight excluding hydrogens is 332 g/mol. The van der Waals surface area contributed by atoms with Crippen LogP contribution in [-0.2, 0) is 20.8 Å². The van der Waals surface area contributed by atoms with Crippen LogP contribution in [0.2, 0.25) is 0 Å². The zero-order chi connectivity index (χ0) is 15.5. The van der Waals surface area contributed by atoms with Crippen molar-refractivity contribution in [2.75, 3.05) is 30.4 Å². The summed E-state index contributed by atoms with van der Waals surface area (Å²) in [5, 5.41) is 4.89. The second-order valence-electron chi connectivity index (χ2n) is 4.38. The van der Waals surface area contributed by atoms with Crippen LogP contribution in [0.5, 0.6) is 0 Å². The van der Waals surface area contributed by atoms with Crippen molar-refractivity contribution in [2.24, 2.45) is 0 Å². The number of anilines is 1. The van der Waals surface area contributed by atoms with Gasteiger partial charge in [-0.3, -0.25) is 8.61 Å². The molecule has 2 aromatic heterocycles. The number of imidazole rings is 1. The minimum Gasteiger partial charge on any atom is -0.368 e. The maximum Gasteiger partial charge on any atom is 0.260 e. The maximum atomic E-state index is 12.5. The molecule has 10 heteroatoms. The van der Waals surface area contributed by atoms with Crippen molar-refractivity contribution in [1.29, 1.82) is 0 Å². The molecule has 0 aliphatic carbocycles. The molecule has 0 spiro atoms. The van der Waals surface area contributed by atoms with Gasteiger partial charge in [-0.25, -0.2) is 18.1 Å². The Labute approximate surface area is 130 Å². The lowest BCUT2D eigenvalue weighted by Crippen LogP contribution is -2.27. The molecule has 7 nitrogen and oxygen atoms in total. The van der Waals surface area contributed by atoms with Gasteiger partial charge in [0.1, 0.15) is 0 Å². The van der Waals surface area contributed by atoms with E-state index < -0.39 is 20.8 Å². The molecule has 0 radical (unpaired) electrons. The van der Waals surface area contributed by atoms with E-state index in [1.807, 2.05) is 6.92 Å². The van der Waals surface area contributed by atoms with Gasteiger partial charge in [-0.2, -0.15) is 0 Å². The van der Waals surface area contributed by atoms with Crippen LogP contribution in [-0.4, -0.2) is 47.1 Å².